The van der Waals surface area contributed by atoms with Gasteiger partial charge in [-0.3, -0.25) is 4.79 Å². The molecule has 3 aromatic carbocycles. The Balaban J connectivity index is 1.27. The molecule has 0 radical (unpaired) electrons. The van der Waals surface area contributed by atoms with Crippen LogP contribution < -0.4 is 10.2 Å². The second-order valence-electron chi connectivity index (χ2n) is 9.04. The summed E-state index contributed by atoms with van der Waals surface area (Å²) in [5, 5.41) is 12.0. The SMILES string of the molecule is CN(C(=O)C(NC(=O)OCC1c2ccccc2-c2ccccc21)C1CC1)c1cccc(C(=O)O)c1. The van der Waals surface area contributed by atoms with Crippen LogP contribution in [0.15, 0.2) is 72.8 Å². The average molecular weight is 471 g/mol. The van der Waals surface area contributed by atoms with Crippen molar-refractivity contribution in [2.24, 2.45) is 5.92 Å². The van der Waals surface area contributed by atoms with Gasteiger partial charge in [-0.2, -0.15) is 0 Å². The zero-order valence-corrected chi connectivity index (χ0v) is 19.3. The van der Waals surface area contributed by atoms with Crippen molar-refractivity contribution in [3.63, 3.8) is 0 Å². The van der Waals surface area contributed by atoms with Gasteiger partial charge in [0.15, 0.2) is 0 Å². The number of aromatic carboxylic acids is 1. The molecule has 0 heterocycles. The van der Waals surface area contributed by atoms with E-state index in [0.29, 0.717) is 5.69 Å². The Hall–Kier alpha value is -4.13. The normalized spacial score (nSPS) is 15.0. The molecule has 1 unspecified atom stereocenters. The van der Waals surface area contributed by atoms with Gasteiger partial charge in [0.1, 0.15) is 12.6 Å². The fourth-order valence-corrected chi connectivity index (χ4v) is 4.76. The third-order valence-electron chi connectivity index (χ3n) is 6.79. The fraction of sp³-hybridized carbons (Fsp3) is 0.250. The van der Waals surface area contributed by atoms with Crippen LogP contribution in [-0.2, 0) is 9.53 Å². The zero-order valence-electron chi connectivity index (χ0n) is 19.3. The summed E-state index contributed by atoms with van der Waals surface area (Å²) >= 11 is 0. The highest BCUT2D eigenvalue weighted by Gasteiger charge is 2.39. The number of carbonyl (C=O) groups is 3. The Labute approximate surface area is 203 Å². The van der Waals surface area contributed by atoms with Gasteiger partial charge in [0.25, 0.3) is 0 Å². The smallest absolute Gasteiger partial charge is 0.407 e. The summed E-state index contributed by atoms with van der Waals surface area (Å²) in [6, 6.07) is 21.7. The number of carboxylic acids is 1. The maximum atomic E-state index is 13.2. The van der Waals surface area contributed by atoms with Crippen molar-refractivity contribution in [1.29, 1.82) is 0 Å². The zero-order chi connectivity index (χ0) is 24.5. The van der Waals surface area contributed by atoms with E-state index in [2.05, 4.69) is 29.6 Å². The number of benzene rings is 3. The molecule has 178 valence electrons. The predicted molar refractivity (Wildman–Crippen MR) is 132 cm³/mol. The number of anilines is 1. The molecule has 7 heteroatoms. The van der Waals surface area contributed by atoms with Gasteiger partial charge in [-0.15, -0.1) is 0 Å². The van der Waals surface area contributed by atoms with Gasteiger partial charge in [-0.25, -0.2) is 9.59 Å². The first kappa shape index (κ1) is 22.7. The molecule has 2 amide bonds. The molecule has 5 rings (SSSR count). The molecule has 1 atom stereocenters. The van der Waals surface area contributed by atoms with E-state index in [1.807, 2.05) is 24.3 Å². The minimum absolute atomic E-state index is 0.0353. The number of nitrogens with zero attached hydrogens (tertiary/aromatic N) is 1. The molecule has 0 aromatic heterocycles. The fourth-order valence-electron chi connectivity index (χ4n) is 4.76. The highest BCUT2D eigenvalue weighted by Crippen LogP contribution is 2.44. The minimum Gasteiger partial charge on any atom is -0.478 e. The third kappa shape index (κ3) is 4.49. The molecular weight excluding hydrogens is 444 g/mol. The van der Waals surface area contributed by atoms with E-state index in [4.69, 9.17) is 4.74 Å². The van der Waals surface area contributed by atoms with Gasteiger partial charge in [0.05, 0.1) is 5.56 Å². The maximum absolute atomic E-state index is 13.2. The van der Waals surface area contributed by atoms with Crippen LogP contribution in [0.5, 0.6) is 0 Å². The van der Waals surface area contributed by atoms with E-state index < -0.39 is 18.1 Å². The molecule has 2 aliphatic rings. The monoisotopic (exact) mass is 470 g/mol. The van der Waals surface area contributed by atoms with E-state index in [0.717, 1.165) is 35.1 Å². The first-order chi connectivity index (χ1) is 16.9. The van der Waals surface area contributed by atoms with E-state index >= 15 is 0 Å². The molecule has 0 bridgehead atoms. The van der Waals surface area contributed by atoms with Crippen LogP contribution in [0.3, 0.4) is 0 Å². The van der Waals surface area contributed by atoms with Crippen LogP contribution >= 0.6 is 0 Å². The van der Waals surface area contributed by atoms with Gasteiger partial charge in [0, 0.05) is 18.7 Å². The van der Waals surface area contributed by atoms with Crippen LogP contribution in [0.25, 0.3) is 11.1 Å². The molecule has 0 aliphatic heterocycles. The first-order valence-corrected chi connectivity index (χ1v) is 11.7. The lowest BCUT2D eigenvalue weighted by atomic mass is 9.98. The molecule has 3 aromatic rings. The lowest BCUT2D eigenvalue weighted by molar-refractivity contribution is -0.120. The van der Waals surface area contributed by atoms with E-state index in [9.17, 15) is 19.5 Å². The molecule has 2 N–H and O–H groups in total. The van der Waals surface area contributed by atoms with Crippen LogP contribution in [0.1, 0.15) is 40.2 Å². The number of alkyl carbamates (subject to hydrolysis) is 1. The lowest BCUT2D eigenvalue weighted by Crippen LogP contribution is -2.49. The number of hydrogen-bond donors (Lipinski definition) is 2. The Bertz CT molecular complexity index is 1250. The predicted octanol–water partition coefficient (Wildman–Crippen LogP) is 4.66. The summed E-state index contributed by atoms with van der Waals surface area (Å²) in [5.41, 5.74) is 5.08. The van der Waals surface area contributed by atoms with Gasteiger partial charge >= 0.3 is 12.1 Å². The molecule has 0 spiro atoms. The number of carboxylic acid groups (broad SMARTS) is 1. The average Bonchev–Trinajstić information content (AvgIpc) is 3.67. The van der Waals surface area contributed by atoms with Crippen molar-refractivity contribution in [3.8, 4) is 11.1 Å². The van der Waals surface area contributed by atoms with Crippen LogP contribution in [-0.4, -0.2) is 42.8 Å². The van der Waals surface area contributed by atoms with Crippen LogP contribution in [0.4, 0.5) is 10.5 Å². The third-order valence-corrected chi connectivity index (χ3v) is 6.79. The van der Waals surface area contributed by atoms with Crippen molar-refractivity contribution in [1.82, 2.24) is 5.32 Å². The minimum atomic E-state index is -1.07. The second-order valence-corrected chi connectivity index (χ2v) is 9.04. The largest absolute Gasteiger partial charge is 0.478 e. The number of rotatable bonds is 7. The van der Waals surface area contributed by atoms with Crippen molar-refractivity contribution >= 4 is 23.7 Å². The van der Waals surface area contributed by atoms with Gasteiger partial charge in [-0.05, 0) is 59.2 Å². The molecular formula is C28H26N2O5. The standard InChI is InChI=1S/C28H26N2O5/c1-30(19-8-6-7-18(15-19)27(32)33)26(31)25(17-13-14-17)29-28(34)35-16-24-22-11-4-2-9-20(22)21-10-3-5-12-23(21)24/h2-12,15,17,24-25H,13-14,16H2,1H3,(H,29,34)(H,32,33). The maximum Gasteiger partial charge on any atom is 0.407 e. The molecule has 1 fully saturated rings. The highest BCUT2D eigenvalue weighted by molar-refractivity contribution is 5.99. The van der Waals surface area contributed by atoms with E-state index in [-0.39, 0.29) is 29.9 Å². The number of fused-ring (bicyclic) bond motifs is 3. The molecule has 1 saturated carbocycles. The summed E-state index contributed by atoms with van der Waals surface area (Å²) in [6.45, 7) is 0.169. The van der Waals surface area contributed by atoms with Crippen molar-refractivity contribution in [2.45, 2.75) is 24.8 Å². The first-order valence-electron chi connectivity index (χ1n) is 11.7. The highest BCUT2D eigenvalue weighted by atomic mass is 16.5. The molecule has 2 aliphatic carbocycles. The van der Waals surface area contributed by atoms with Crippen molar-refractivity contribution in [2.75, 3.05) is 18.6 Å². The second kappa shape index (κ2) is 9.25. The number of carbonyl (C=O) groups excluding carboxylic acids is 2. The van der Waals surface area contributed by atoms with Gasteiger partial charge < -0.3 is 20.1 Å². The van der Waals surface area contributed by atoms with Gasteiger partial charge in [0.2, 0.25) is 5.91 Å². The summed E-state index contributed by atoms with van der Waals surface area (Å²) in [5.74, 6) is -1.40. The Kier molecular flexibility index (Phi) is 5.99. The van der Waals surface area contributed by atoms with E-state index in [1.165, 1.54) is 17.0 Å². The summed E-state index contributed by atoms with van der Waals surface area (Å²) in [7, 11) is 1.58. The summed E-state index contributed by atoms with van der Waals surface area (Å²) in [4.78, 5) is 38.7. The number of likely N-dealkylation sites (N-methyl/N-ethyl adjacent to an activating group) is 1. The number of amides is 2. The van der Waals surface area contributed by atoms with Crippen LogP contribution in [0, 0.1) is 5.92 Å². The number of nitrogens with one attached hydrogen (secondary N) is 1. The topological polar surface area (TPSA) is 95.9 Å². The number of hydrogen-bond acceptors (Lipinski definition) is 4. The lowest BCUT2D eigenvalue weighted by Gasteiger charge is -2.25. The Morgan fingerprint density at radius 1 is 0.971 bits per heavy atom. The summed E-state index contributed by atoms with van der Waals surface area (Å²) < 4.78 is 5.64. The molecule has 35 heavy (non-hydrogen) atoms. The molecule has 7 nitrogen and oxygen atoms in total. The summed E-state index contributed by atoms with van der Waals surface area (Å²) in [6.07, 6.45) is 1.04. The van der Waals surface area contributed by atoms with Gasteiger partial charge in [-0.1, -0.05) is 54.6 Å². The van der Waals surface area contributed by atoms with E-state index in [1.54, 1.807) is 19.2 Å². The quantitative estimate of drug-likeness (QED) is 0.523. The number of ether oxygens (including phenoxy) is 1. The van der Waals surface area contributed by atoms with Crippen LogP contribution in [0.2, 0.25) is 0 Å². The van der Waals surface area contributed by atoms with Crippen molar-refractivity contribution in [3.05, 3.63) is 89.5 Å². The van der Waals surface area contributed by atoms with Crippen molar-refractivity contribution < 1.29 is 24.2 Å². The Morgan fingerprint density at radius 3 is 2.20 bits per heavy atom. The Morgan fingerprint density at radius 2 is 1.60 bits per heavy atom. The molecule has 0 saturated heterocycles.